The van der Waals surface area contributed by atoms with Crippen LogP contribution < -0.4 is 10.1 Å². The SMILES string of the molecule is COc1ccc(S(=O)(=O)N(C)C)cc1NC(=O)CCc1c(C)nc2nc(SC)nn2c1C. The molecule has 0 fully saturated rings. The van der Waals surface area contributed by atoms with Gasteiger partial charge in [-0.05, 0) is 50.3 Å². The maximum atomic E-state index is 12.7. The monoisotopic (exact) mass is 478 g/mol. The van der Waals surface area contributed by atoms with Crippen molar-refractivity contribution in [2.75, 3.05) is 32.8 Å². The lowest BCUT2D eigenvalue weighted by Crippen LogP contribution is -2.22. The average Bonchev–Trinajstić information content (AvgIpc) is 3.16. The van der Waals surface area contributed by atoms with Crippen LogP contribution in [0.5, 0.6) is 5.75 Å². The van der Waals surface area contributed by atoms with Gasteiger partial charge in [-0.1, -0.05) is 11.8 Å². The van der Waals surface area contributed by atoms with Gasteiger partial charge in [-0.3, -0.25) is 4.79 Å². The summed E-state index contributed by atoms with van der Waals surface area (Å²) >= 11 is 1.44. The van der Waals surface area contributed by atoms with Gasteiger partial charge in [0.25, 0.3) is 5.78 Å². The topological polar surface area (TPSA) is 119 Å². The Morgan fingerprint density at radius 1 is 1.25 bits per heavy atom. The molecule has 2 heterocycles. The van der Waals surface area contributed by atoms with E-state index in [9.17, 15) is 13.2 Å². The van der Waals surface area contributed by atoms with Gasteiger partial charge in [-0.2, -0.15) is 4.98 Å². The number of thioether (sulfide) groups is 1. The van der Waals surface area contributed by atoms with Gasteiger partial charge < -0.3 is 10.1 Å². The summed E-state index contributed by atoms with van der Waals surface area (Å²) in [6.07, 6.45) is 2.51. The molecule has 172 valence electrons. The van der Waals surface area contributed by atoms with Gasteiger partial charge in [0.2, 0.25) is 21.1 Å². The van der Waals surface area contributed by atoms with Gasteiger partial charge in [-0.15, -0.1) is 5.10 Å². The number of hydrogen-bond acceptors (Lipinski definition) is 8. The van der Waals surface area contributed by atoms with Crippen molar-refractivity contribution in [3.63, 3.8) is 0 Å². The van der Waals surface area contributed by atoms with Crippen LogP contribution >= 0.6 is 11.8 Å². The van der Waals surface area contributed by atoms with Crippen LogP contribution in [-0.2, 0) is 21.2 Å². The maximum absolute atomic E-state index is 12.7. The van der Waals surface area contributed by atoms with E-state index in [2.05, 4.69) is 20.4 Å². The molecule has 1 amide bonds. The Morgan fingerprint density at radius 2 is 1.97 bits per heavy atom. The van der Waals surface area contributed by atoms with Crippen LogP contribution in [0.15, 0.2) is 28.3 Å². The zero-order valence-corrected chi connectivity index (χ0v) is 20.5. The number of carbonyl (C=O) groups is 1. The molecule has 3 aromatic rings. The number of anilines is 1. The van der Waals surface area contributed by atoms with Crippen LogP contribution in [0.25, 0.3) is 5.78 Å². The molecule has 2 aromatic heterocycles. The molecule has 0 atom stereocenters. The molecule has 1 N–H and O–H groups in total. The first-order valence-electron chi connectivity index (χ1n) is 9.75. The molecule has 10 nitrogen and oxygen atoms in total. The fraction of sp³-hybridized carbons (Fsp3) is 0.400. The van der Waals surface area contributed by atoms with Crippen LogP contribution in [0.3, 0.4) is 0 Å². The number of ether oxygens (including phenoxy) is 1. The minimum absolute atomic E-state index is 0.0655. The van der Waals surface area contributed by atoms with E-state index in [0.29, 0.717) is 28.8 Å². The predicted molar refractivity (Wildman–Crippen MR) is 123 cm³/mol. The molecular formula is C20H26N6O4S2. The van der Waals surface area contributed by atoms with Crippen LogP contribution in [0, 0.1) is 13.8 Å². The second-order valence-electron chi connectivity index (χ2n) is 7.27. The van der Waals surface area contributed by atoms with Crippen LogP contribution in [0.2, 0.25) is 0 Å². The zero-order valence-electron chi connectivity index (χ0n) is 18.8. The quantitative estimate of drug-likeness (QED) is 0.490. The van der Waals surface area contributed by atoms with Crippen molar-refractivity contribution >= 4 is 39.2 Å². The number of methoxy groups -OCH3 is 1. The Labute approximate surface area is 191 Å². The lowest BCUT2D eigenvalue weighted by Gasteiger charge is -2.15. The highest BCUT2D eigenvalue weighted by atomic mass is 32.2. The fourth-order valence-corrected chi connectivity index (χ4v) is 4.51. The van der Waals surface area contributed by atoms with Gasteiger partial charge in [-0.25, -0.2) is 22.2 Å². The van der Waals surface area contributed by atoms with E-state index in [1.165, 1.54) is 51.2 Å². The van der Waals surface area contributed by atoms with Crippen molar-refractivity contribution in [1.82, 2.24) is 23.9 Å². The summed E-state index contributed by atoms with van der Waals surface area (Å²) in [6, 6.07) is 4.36. The third-order valence-electron chi connectivity index (χ3n) is 5.04. The summed E-state index contributed by atoms with van der Waals surface area (Å²) in [7, 11) is 0.709. The summed E-state index contributed by atoms with van der Waals surface area (Å²) in [5.41, 5.74) is 2.88. The number of hydrogen-bond donors (Lipinski definition) is 1. The number of carbonyl (C=O) groups excluding carboxylic acids is 1. The molecule has 0 bridgehead atoms. The first kappa shape index (κ1) is 24.0. The van der Waals surface area contributed by atoms with E-state index in [4.69, 9.17) is 4.74 Å². The maximum Gasteiger partial charge on any atom is 0.253 e. The smallest absolute Gasteiger partial charge is 0.253 e. The van der Waals surface area contributed by atoms with Crippen molar-refractivity contribution in [2.24, 2.45) is 0 Å². The average molecular weight is 479 g/mol. The van der Waals surface area contributed by atoms with E-state index in [0.717, 1.165) is 21.3 Å². The van der Waals surface area contributed by atoms with Crippen LogP contribution in [-0.4, -0.2) is 65.7 Å². The third-order valence-corrected chi connectivity index (χ3v) is 7.39. The van der Waals surface area contributed by atoms with E-state index in [-0.39, 0.29) is 17.2 Å². The number of nitrogens with zero attached hydrogens (tertiary/aromatic N) is 5. The number of rotatable bonds is 8. The van der Waals surface area contributed by atoms with E-state index < -0.39 is 10.0 Å². The Balaban J connectivity index is 1.81. The van der Waals surface area contributed by atoms with Gasteiger partial charge in [0.05, 0.1) is 17.7 Å². The normalized spacial score (nSPS) is 11.8. The van der Waals surface area contributed by atoms with Crippen molar-refractivity contribution < 1.29 is 17.9 Å². The van der Waals surface area contributed by atoms with E-state index in [1.807, 2.05) is 20.1 Å². The molecule has 12 heteroatoms. The second-order valence-corrected chi connectivity index (χ2v) is 10.2. The molecule has 0 saturated heterocycles. The molecule has 0 aliphatic heterocycles. The number of sulfonamides is 1. The largest absolute Gasteiger partial charge is 0.495 e. The Morgan fingerprint density at radius 3 is 2.59 bits per heavy atom. The Kier molecular flexibility index (Phi) is 7.06. The number of aryl methyl sites for hydroxylation is 2. The van der Waals surface area contributed by atoms with Gasteiger partial charge in [0.15, 0.2) is 0 Å². The Hall–Kier alpha value is -2.70. The summed E-state index contributed by atoms with van der Waals surface area (Å²) in [6.45, 7) is 3.80. The lowest BCUT2D eigenvalue weighted by molar-refractivity contribution is -0.116. The number of nitrogens with one attached hydrogen (secondary N) is 1. The second kappa shape index (κ2) is 9.43. The van der Waals surface area contributed by atoms with Crippen molar-refractivity contribution in [3.05, 3.63) is 35.2 Å². The van der Waals surface area contributed by atoms with Gasteiger partial charge in [0.1, 0.15) is 5.75 Å². The van der Waals surface area contributed by atoms with Crippen molar-refractivity contribution in [1.29, 1.82) is 0 Å². The molecule has 0 unspecified atom stereocenters. The van der Waals surface area contributed by atoms with Gasteiger partial charge >= 0.3 is 0 Å². The number of benzene rings is 1. The predicted octanol–water partition coefficient (Wildman–Crippen LogP) is 2.29. The third kappa shape index (κ3) is 4.71. The highest BCUT2D eigenvalue weighted by molar-refractivity contribution is 7.98. The molecule has 0 aliphatic carbocycles. The summed E-state index contributed by atoms with van der Waals surface area (Å²) in [4.78, 5) is 21.6. The summed E-state index contributed by atoms with van der Waals surface area (Å²) < 4.78 is 33.0. The molecule has 32 heavy (non-hydrogen) atoms. The summed E-state index contributed by atoms with van der Waals surface area (Å²) in [5, 5.41) is 7.83. The standard InChI is InChI=1S/C20H26N6O4S2/c1-12-15(13(2)26-19(21-12)23-20(24-26)31-6)8-10-18(27)22-16-11-14(7-9-17(16)30-5)32(28,29)25(3)4/h7,9,11H,8,10H2,1-6H3,(H,22,27). The fourth-order valence-electron chi connectivity index (χ4n) is 3.25. The summed E-state index contributed by atoms with van der Waals surface area (Å²) in [5.74, 6) is 0.630. The van der Waals surface area contributed by atoms with Gasteiger partial charge in [0, 0.05) is 31.9 Å². The molecular weight excluding hydrogens is 452 g/mol. The first-order valence-corrected chi connectivity index (χ1v) is 12.4. The Bertz CT molecular complexity index is 1270. The first-order chi connectivity index (χ1) is 15.1. The van der Waals surface area contributed by atoms with Crippen molar-refractivity contribution in [3.8, 4) is 5.75 Å². The van der Waals surface area contributed by atoms with Crippen LogP contribution in [0.1, 0.15) is 23.4 Å². The van der Waals surface area contributed by atoms with Crippen molar-refractivity contribution in [2.45, 2.75) is 36.7 Å². The zero-order chi connectivity index (χ0) is 23.6. The van der Waals surface area contributed by atoms with E-state index >= 15 is 0 Å². The highest BCUT2D eigenvalue weighted by Gasteiger charge is 2.20. The number of fused-ring (bicyclic) bond motifs is 1. The minimum atomic E-state index is -3.65. The minimum Gasteiger partial charge on any atom is -0.495 e. The molecule has 0 spiro atoms. The molecule has 0 aliphatic rings. The molecule has 3 rings (SSSR count). The number of aromatic nitrogens is 4. The highest BCUT2D eigenvalue weighted by Crippen LogP contribution is 2.29. The van der Waals surface area contributed by atoms with Crippen LogP contribution in [0.4, 0.5) is 5.69 Å². The lowest BCUT2D eigenvalue weighted by atomic mass is 10.1. The van der Waals surface area contributed by atoms with E-state index in [1.54, 1.807) is 4.52 Å². The molecule has 1 aromatic carbocycles. The molecule has 0 saturated carbocycles. The number of amides is 1. The molecule has 0 radical (unpaired) electrons.